The highest BCUT2D eigenvalue weighted by atomic mass is 32.1. The number of esters is 1. The van der Waals surface area contributed by atoms with Gasteiger partial charge in [0, 0.05) is 29.4 Å². The summed E-state index contributed by atoms with van der Waals surface area (Å²) in [5, 5.41) is 6.88. The second kappa shape index (κ2) is 8.43. The fourth-order valence-electron chi connectivity index (χ4n) is 2.10. The number of thiazole rings is 1. The number of rotatable bonds is 6. The van der Waals surface area contributed by atoms with E-state index in [1.54, 1.807) is 36.6 Å². The Labute approximate surface area is 153 Å². The molecule has 0 fully saturated rings. The van der Waals surface area contributed by atoms with Crippen LogP contribution in [-0.4, -0.2) is 28.5 Å². The molecule has 26 heavy (non-hydrogen) atoms. The van der Waals surface area contributed by atoms with Crippen molar-refractivity contribution in [2.75, 3.05) is 10.6 Å². The van der Waals surface area contributed by atoms with Gasteiger partial charge in [-0.25, -0.2) is 0 Å². The minimum Gasteiger partial charge on any atom is -0.451 e. The molecule has 2 N–H and O–H groups in total. The molecule has 0 aliphatic carbocycles. The number of anilines is 2. The molecule has 1 unspecified atom stereocenters. The predicted molar refractivity (Wildman–Crippen MR) is 98.2 cm³/mol. The molecule has 1 heterocycles. The van der Waals surface area contributed by atoms with E-state index in [1.165, 1.54) is 18.4 Å². The summed E-state index contributed by atoms with van der Waals surface area (Å²) in [6.07, 6.45) is -1.02. The zero-order chi connectivity index (χ0) is 19.3. The number of aryl methyl sites for hydroxylation is 1. The summed E-state index contributed by atoms with van der Waals surface area (Å²) in [7, 11) is 0. The fourth-order valence-corrected chi connectivity index (χ4v) is 2.83. The molecule has 2 rings (SSSR count). The summed E-state index contributed by atoms with van der Waals surface area (Å²) in [5.41, 5.74) is 1.76. The van der Waals surface area contributed by atoms with E-state index in [9.17, 15) is 19.2 Å². The first-order chi connectivity index (χ1) is 12.3. The predicted octanol–water partition coefficient (Wildman–Crippen LogP) is 1.75. The molecular formula is C17H19N3O5S. The summed E-state index contributed by atoms with van der Waals surface area (Å²) in [6, 6.07) is 6.51. The van der Waals surface area contributed by atoms with Crippen LogP contribution >= 0.6 is 11.3 Å². The number of nitrogens with one attached hydrogen (secondary N) is 2. The van der Waals surface area contributed by atoms with Gasteiger partial charge in [-0.3, -0.25) is 23.7 Å². The van der Waals surface area contributed by atoms with Crippen LogP contribution in [0.3, 0.4) is 0 Å². The number of carbonyl (C=O) groups excluding carboxylic acids is 3. The van der Waals surface area contributed by atoms with Gasteiger partial charge in [0.1, 0.15) is 6.54 Å². The second-order valence-corrected chi connectivity index (χ2v) is 6.43. The molecule has 0 aliphatic heterocycles. The summed E-state index contributed by atoms with van der Waals surface area (Å²) < 4.78 is 6.37. The second-order valence-electron chi connectivity index (χ2n) is 5.61. The molecule has 0 saturated heterocycles. The third-order valence-electron chi connectivity index (χ3n) is 3.41. The molecule has 138 valence electrons. The van der Waals surface area contributed by atoms with Gasteiger partial charge in [-0.15, -0.1) is 0 Å². The van der Waals surface area contributed by atoms with Crippen molar-refractivity contribution in [2.24, 2.45) is 0 Å². The highest BCUT2D eigenvalue weighted by Gasteiger charge is 2.19. The van der Waals surface area contributed by atoms with Gasteiger partial charge in [0.05, 0.1) is 0 Å². The standard InChI is InChI=1S/C17H19N3O5S/c1-10-9-26-17(24)20(10)8-15(22)25-11(2)16(23)19-14-6-4-13(5-7-14)18-12(3)21/h4-7,9,11H,8H2,1-3H3,(H,18,21)(H,19,23). The van der Waals surface area contributed by atoms with Crippen LogP contribution in [0.25, 0.3) is 0 Å². The summed E-state index contributed by atoms with van der Waals surface area (Å²) in [4.78, 5) is 46.4. The molecule has 0 radical (unpaired) electrons. The zero-order valence-electron chi connectivity index (χ0n) is 14.6. The van der Waals surface area contributed by atoms with Crippen LogP contribution in [0, 0.1) is 6.92 Å². The van der Waals surface area contributed by atoms with Crippen LogP contribution in [0.2, 0.25) is 0 Å². The molecule has 1 aromatic carbocycles. The minimum atomic E-state index is -1.02. The summed E-state index contributed by atoms with van der Waals surface area (Å²) >= 11 is 0.999. The Morgan fingerprint density at radius 3 is 2.23 bits per heavy atom. The first-order valence-corrected chi connectivity index (χ1v) is 8.67. The molecule has 1 aromatic heterocycles. The topological polar surface area (TPSA) is 106 Å². The fraction of sp³-hybridized carbons (Fsp3) is 0.294. The van der Waals surface area contributed by atoms with Crippen molar-refractivity contribution in [3.05, 3.63) is 45.0 Å². The highest BCUT2D eigenvalue weighted by Crippen LogP contribution is 2.14. The van der Waals surface area contributed by atoms with Gasteiger partial charge < -0.3 is 15.4 Å². The van der Waals surface area contributed by atoms with E-state index in [4.69, 9.17) is 4.74 Å². The Morgan fingerprint density at radius 1 is 1.15 bits per heavy atom. The number of benzene rings is 1. The molecule has 2 aromatic rings. The lowest BCUT2D eigenvalue weighted by atomic mass is 10.2. The number of aromatic nitrogens is 1. The van der Waals surface area contributed by atoms with Crippen molar-refractivity contribution < 1.29 is 19.1 Å². The molecule has 0 saturated carbocycles. The highest BCUT2D eigenvalue weighted by molar-refractivity contribution is 7.07. The van der Waals surface area contributed by atoms with Crippen molar-refractivity contribution in [2.45, 2.75) is 33.4 Å². The molecule has 2 amide bonds. The Bertz CT molecular complexity index is 869. The first-order valence-electron chi connectivity index (χ1n) is 7.79. The Balaban J connectivity index is 1.89. The molecule has 8 nitrogen and oxygen atoms in total. The molecule has 0 bridgehead atoms. The molecule has 0 spiro atoms. The van der Waals surface area contributed by atoms with E-state index < -0.39 is 18.0 Å². The SMILES string of the molecule is CC(=O)Nc1ccc(NC(=O)C(C)OC(=O)Cn2c(C)csc2=O)cc1. The van der Waals surface area contributed by atoms with E-state index in [1.807, 2.05) is 0 Å². The molecule has 0 aliphatic rings. The number of hydrogen-bond donors (Lipinski definition) is 2. The first kappa shape index (κ1) is 19.4. The normalized spacial score (nSPS) is 11.5. The maximum absolute atomic E-state index is 12.1. The summed E-state index contributed by atoms with van der Waals surface area (Å²) in [6.45, 7) is 4.32. The van der Waals surface area contributed by atoms with Gasteiger partial charge in [-0.05, 0) is 38.1 Å². The monoisotopic (exact) mass is 377 g/mol. The van der Waals surface area contributed by atoms with Crippen LogP contribution in [-0.2, 0) is 25.7 Å². The van der Waals surface area contributed by atoms with E-state index in [0.717, 1.165) is 11.3 Å². The van der Waals surface area contributed by atoms with Crippen LogP contribution in [0.1, 0.15) is 19.5 Å². The Kier molecular flexibility index (Phi) is 6.29. The van der Waals surface area contributed by atoms with Crippen molar-refractivity contribution in [1.29, 1.82) is 0 Å². The van der Waals surface area contributed by atoms with Gasteiger partial charge in [0.15, 0.2) is 6.10 Å². The van der Waals surface area contributed by atoms with Gasteiger partial charge in [-0.1, -0.05) is 11.3 Å². The van der Waals surface area contributed by atoms with Crippen molar-refractivity contribution >= 4 is 40.5 Å². The van der Waals surface area contributed by atoms with Crippen molar-refractivity contribution in [1.82, 2.24) is 4.57 Å². The van der Waals surface area contributed by atoms with Gasteiger partial charge >= 0.3 is 10.8 Å². The van der Waals surface area contributed by atoms with Crippen LogP contribution < -0.4 is 15.5 Å². The molecular weight excluding hydrogens is 358 g/mol. The van der Waals surface area contributed by atoms with E-state index in [0.29, 0.717) is 17.1 Å². The average molecular weight is 377 g/mol. The van der Waals surface area contributed by atoms with Crippen LogP contribution in [0.4, 0.5) is 11.4 Å². The largest absolute Gasteiger partial charge is 0.451 e. The third-order valence-corrected chi connectivity index (χ3v) is 4.29. The molecule has 9 heteroatoms. The lowest BCUT2D eigenvalue weighted by Crippen LogP contribution is -2.32. The quantitative estimate of drug-likeness (QED) is 0.746. The third kappa shape index (κ3) is 5.28. The maximum atomic E-state index is 12.1. The lowest BCUT2D eigenvalue weighted by molar-refractivity contribution is -0.153. The lowest BCUT2D eigenvalue weighted by Gasteiger charge is -2.14. The number of ether oxygens (including phenoxy) is 1. The molecule has 1 atom stereocenters. The number of nitrogens with zero attached hydrogens (tertiary/aromatic N) is 1. The number of amides is 2. The van der Waals surface area contributed by atoms with Crippen LogP contribution in [0.5, 0.6) is 0 Å². The maximum Gasteiger partial charge on any atom is 0.326 e. The van der Waals surface area contributed by atoms with Gasteiger partial charge in [0.25, 0.3) is 5.91 Å². The number of carbonyl (C=O) groups is 3. The van der Waals surface area contributed by atoms with Crippen LogP contribution in [0.15, 0.2) is 34.4 Å². The Hall–Kier alpha value is -2.94. The van der Waals surface area contributed by atoms with E-state index >= 15 is 0 Å². The zero-order valence-corrected chi connectivity index (χ0v) is 15.4. The average Bonchev–Trinajstić information content (AvgIpc) is 2.88. The van der Waals surface area contributed by atoms with Gasteiger partial charge in [0.2, 0.25) is 5.91 Å². The van der Waals surface area contributed by atoms with E-state index in [-0.39, 0.29) is 17.3 Å². The Morgan fingerprint density at radius 2 is 1.73 bits per heavy atom. The summed E-state index contributed by atoms with van der Waals surface area (Å²) in [5.74, 6) is -1.36. The smallest absolute Gasteiger partial charge is 0.326 e. The number of hydrogen-bond acceptors (Lipinski definition) is 6. The van der Waals surface area contributed by atoms with Crippen molar-refractivity contribution in [3.63, 3.8) is 0 Å². The van der Waals surface area contributed by atoms with E-state index in [2.05, 4.69) is 10.6 Å². The minimum absolute atomic E-state index is 0.192. The van der Waals surface area contributed by atoms with Crippen molar-refractivity contribution in [3.8, 4) is 0 Å². The van der Waals surface area contributed by atoms with Gasteiger partial charge in [-0.2, -0.15) is 0 Å².